The summed E-state index contributed by atoms with van der Waals surface area (Å²) in [6.45, 7) is 7.06. The SMILES string of the molecule is C=C1COCC(N)C1C(C)N. The molecule has 1 aliphatic heterocycles. The Morgan fingerprint density at radius 3 is 2.73 bits per heavy atom. The highest BCUT2D eigenvalue weighted by molar-refractivity contribution is 5.10. The Morgan fingerprint density at radius 1 is 1.73 bits per heavy atom. The fraction of sp³-hybridized carbons (Fsp3) is 0.750. The van der Waals surface area contributed by atoms with Gasteiger partial charge in [-0.05, 0) is 12.5 Å². The Kier molecular flexibility index (Phi) is 2.65. The van der Waals surface area contributed by atoms with Gasteiger partial charge < -0.3 is 16.2 Å². The maximum Gasteiger partial charge on any atom is 0.0678 e. The normalized spacial score (nSPS) is 35.4. The van der Waals surface area contributed by atoms with Crippen molar-refractivity contribution in [1.82, 2.24) is 0 Å². The number of hydrogen-bond acceptors (Lipinski definition) is 3. The summed E-state index contributed by atoms with van der Waals surface area (Å²) < 4.78 is 5.19. The molecular formula is C8H16N2O. The zero-order chi connectivity index (χ0) is 8.43. The van der Waals surface area contributed by atoms with Crippen LogP contribution in [-0.2, 0) is 4.74 Å². The molecule has 0 aromatic carbocycles. The lowest BCUT2D eigenvalue weighted by molar-refractivity contribution is 0.0846. The zero-order valence-corrected chi connectivity index (χ0v) is 6.92. The van der Waals surface area contributed by atoms with E-state index in [1.165, 1.54) is 0 Å². The van der Waals surface area contributed by atoms with E-state index in [2.05, 4.69) is 6.58 Å². The Bertz CT molecular complexity index is 156. The molecule has 0 aliphatic carbocycles. The second-order valence-corrected chi connectivity index (χ2v) is 3.22. The highest BCUT2D eigenvalue weighted by Gasteiger charge is 2.28. The summed E-state index contributed by atoms with van der Waals surface area (Å²) in [7, 11) is 0. The lowest BCUT2D eigenvalue weighted by atomic mass is 9.86. The standard InChI is InChI=1S/C8H16N2O/c1-5-3-11-4-7(10)8(5)6(2)9/h6-8H,1,3-4,9-10H2,2H3. The molecule has 1 rings (SSSR count). The molecule has 0 aromatic rings. The number of rotatable bonds is 1. The van der Waals surface area contributed by atoms with E-state index in [-0.39, 0.29) is 18.0 Å². The van der Waals surface area contributed by atoms with Gasteiger partial charge in [-0.2, -0.15) is 0 Å². The molecule has 0 saturated carbocycles. The first-order valence-corrected chi connectivity index (χ1v) is 3.89. The molecule has 1 heterocycles. The maximum atomic E-state index is 5.80. The van der Waals surface area contributed by atoms with Crippen molar-refractivity contribution in [3.05, 3.63) is 12.2 Å². The van der Waals surface area contributed by atoms with Crippen molar-refractivity contribution in [1.29, 1.82) is 0 Å². The van der Waals surface area contributed by atoms with E-state index in [9.17, 15) is 0 Å². The molecule has 0 spiro atoms. The predicted molar refractivity (Wildman–Crippen MR) is 45.1 cm³/mol. The minimum atomic E-state index is 0.0243. The first-order chi connectivity index (χ1) is 5.13. The Balaban J connectivity index is 2.63. The first kappa shape index (κ1) is 8.71. The van der Waals surface area contributed by atoms with Crippen LogP contribution in [0.1, 0.15) is 6.92 Å². The molecule has 3 atom stereocenters. The Labute approximate surface area is 67.4 Å². The number of ether oxygens (including phenoxy) is 1. The quantitative estimate of drug-likeness (QED) is 0.520. The lowest BCUT2D eigenvalue weighted by Gasteiger charge is -2.33. The molecule has 0 amide bonds. The number of hydrogen-bond donors (Lipinski definition) is 2. The van der Waals surface area contributed by atoms with Crippen LogP contribution in [-0.4, -0.2) is 25.3 Å². The van der Waals surface area contributed by atoms with Gasteiger partial charge in [0.2, 0.25) is 0 Å². The van der Waals surface area contributed by atoms with E-state index < -0.39 is 0 Å². The molecule has 11 heavy (non-hydrogen) atoms. The molecule has 0 bridgehead atoms. The van der Waals surface area contributed by atoms with Crippen LogP contribution in [0.3, 0.4) is 0 Å². The molecule has 3 heteroatoms. The lowest BCUT2D eigenvalue weighted by Crippen LogP contribution is -2.48. The van der Waals surface area contributed by atoms with Gasteiger partial charge in [0, 0.05) is 18.0 Å². The second kappa shape index (κ2) is 3.34. The summed E-state index contributed by atoms with van der Waals surface area (Å²) >= 11 is 0. The smallest absolute Gasteiger partial charge is 0.0678 e. The van der Waals surface area contributed by atoms with Crippen LogP contribution in [0.5, 0.6) is 0 Å². The van der Waals surface area contributed by atoms with Gasteiger partial charge in [-0.1, -0.05) is 6.58 Å². The van der Waals surface area contributed by atoms with E-state index in [0.717, 1.165) is 5.57 Å². The van der Waals surface area contributed by atoms with Crippen LogP contribution in [0.4, 0.5) is 0 Å². The van der Waals surface area contributed by atoms with Gasteiger partial charge in [-0.15, -0.1) is 0 Å². The summed E-state index contributed by atoms with van der Waals surface area (Å²) in [5.74, 6) is 0.226. The molecule has 3 unspecified atom stereocenters. The van der Waals surface area contributed by atoms with Gasteiger partial charge in [0.15, 0.2) is 0 Å². The van der Waals surface area contributed by atoms with E-state index in [1.807, 2.05) is 6.92 Å². The monoisotopic (exact) mass is 156 g/mol. The Morgan fingerprint density at radius 2 is 2.36 bits per heavy atom. The third-order valence-electron chi connectivity index (χ3n) is 2.10. The fourth-order valence-corrected chi connectivity index (χ4v) is 1.59. The average Bonchev–Trinajstić information content (AvgIpc) is 1.85. The molecule has 4 N–H and O–H groups in total. The first-order valence-electron chi connectivity index (χ1n) is 3.89. The molecule has 64 valence electrons. The second-order valence-electron chi connectivity index (χ2n) is 3.22. The van der Waals surface area contributed by atoms with E-state index >= 15 is 0 Å². The summed E-state index contributed by atoms with van der Waals surface area (Å²) in [6, 6.07) is 0.109. The van der Waals surface area contributed by atoms with Crippen LogP contribution in [0, 0.1) is 5.92 Å². The molecule has 3 nitrogen and oxygen atoms in total. The van der Waals surface area contributed by atoms with Crippen LogP contribution in [0.25, 0.3) is 0 Å². The van der Waals surface area contributed by atoms with Gasteiger partial charge in [0.05, 0.1) is 13.2 Å². The van der Waals surface area contributed by atoms with E-state index in [1.54, 1.807) is 0 Å². The summed E-state index contributed by atoms with van der Waals surface area (Å²) in [6.07, 6.45) is 0. The van der Waals surface area contributed by atoms with Crippen molar-refractivity contribution in [3.63, 3.8) is 0 Å². The topological polar surface area (TPSA) is 61.3 Å². The van der Waals surface area contributed by atoms with Crippen LogP contribution in [0.2, 0.25) is 0 Å². The highest BCUT2D eigenvalue weighted by atomic mass is 16.5. The van der Waals surface area contributed by atoms with Crippen LogP contribution in [0.15, 0.2) is 12.2 Å². The van der Waals surface area contributed by atoms with Crippen molar-refractivity contribution in [3.8, 4) is 0 Å². The molecule has 1 aliphatic rings. The van der Waals surface area contributed by atoms with Gasteiger partial charge in [0.25, 0.3) is 0 Å². The van der Waals surface area contributed by atoms with Gasteiger partial charge in [-0.25, -0.2) is 0 Å². The Hall–Kier alpha value is -0.380. The molecule has 1 fully saturated rings. The third-order valence-corrected chi connectivity index (χ3v) is 2.10. The van der Waals surface area contributed by atoms with Crippen molar-refractivity contribution in [2.45, 2.75) is 19.0 Å². The number of nitrogens with two attached hydrogens (primary N) is 2. The zero-order valence-electron chi connectivity index (χ0n) is 6.92. The molecular weight excluding hydrogens is 140 g/mol. The summed E-state index contributed by atoms with van der Waals surface area (Å²) in [4.78, 5) is 0. The minimum absolute atomic E-state index is 0.0243. The van der Waals surface area contributed by atoms with Crippen molar-refractivity contribution < 1.29 is 4.74 Å². The largest absolute Gasteiger partial charge is 0.375 e. The predicted octanol–water partition coefficient (Wildman–Crippen LogP) is -0.136. The summed E-state index contributed by atoms with van der Waals surface area (Å²) in [5, 5.41) is 0. The highest BCUT2D eigenvalue weighted by Crippen LogP contribution is 2.20. The maximum absolute atomic E-state index is 5.80. The average molecular weight is 156 g/mol. The molecule has 0 aromatic heterocycles. The van der Waals surface area contributed by atoms with E-state index in [4.69, 9.17) is 16.2 Å². The van der Waals surface area contributed by atoms with Gasteiger partial charge in [-0.3, -0.25) is 0 Å². The van der Waals surface area contributed by atoms with Crippen LogP contribution < -0.4 is 11.5 Å². The van der Waals surface area contributed by atoms with Crippen molar-refractivity contribution in [2.75, 3.05) is 13.2 Å². The molecule has 1 saturated heterocycles. The third kappa shape index (κ3) is 1.80. The summed E-state index contributed by atoms with van der Waals surface area (Å²) in [5.41, 5.74) is 12.6. The van der Waals surface area contributed by atoms with Gasteiger partial charge in [0.1, 0.15) is 0 Å². The minimum Gasteiger partial charge on any atom is -0.375 e. The van der Waals surface area contributed by atoms with Crippen LogP contribution >= 0.6 is 0 Å². The fourth-order valence-electron chi connectivity index (χ4n) is 1.59. The van der Waals surface area contributed by atoms with Crippen molar-refractivity contribution in [2.24, 2.45) is 17.4 Å². The van der Waals surface area contributed by atoms with Gasteiger partial charge >= 0.3 is 0 Å². The van der Waals surface area contributed by atoms with E-state index in [0.29, 0.717) is 13.2 Å². The van der Waals surface area contributed by atoms with Crippen molar-refractivity contribution >= 4 is 0 Å². The molecule has 0 radical (unpaired) electrons.